The van der Waals surface area contributed by atoms with Crippen molar-refractivity contribution in [3.8, 4) is 5.88 Å². The van der Waals surface area contributed by atoms with Crippen LogP contribution in [0.5, 0.6) is 5.88 Å². The van der Waals surface area contributed by atoms with E-state index in [-0.39, 0.29) is 0 Å². The van der Waals surface area contributed by atoms with Gasteiger partial charge >= 0.3 is 0 Å². The standard InChI is InChI=1S/C16H25N3O/c1-20-16-6-2-5-15(18-16)12-19-9-3-4-13(11-19)10-17-14-7-8-14/h2,5-6,13-14,17H,3-4,7-12H2,1H3. The van der Waals surface area contributed by atoms with Gasteiger partial charge in [0.25, 0.3) is 0 Å². The van der Waals surface area contributed by atoms with E-state index in [0.29, 0.717) is 5.88 Å². The molecular weight excluding hydrogens is 250 g/mol. The number of pyridine rings is 1. The molecule has 1 N–H and O–H groups in total. The highest BCUT2D eigenvalue weighted by molar-refractivity contribution is 5.15. The van der Waals surface area contributed by atoms with Crippen molar-refractivity contribution in [2.24, 2.45) is 5.92 Å². The minimum absolute atomic E-state index is 0.714. The lowest BCUT2D eigenvalue weighted by atomic mass is 9.98. The number of ether oxygens (including phenoxy) is 1. The van der Waals surface area contributed by atoms with Crippen molar-refractivity contribution in [3.63, 3.8) is 0 Å². The number of aromatic nitrogens is 1. The summed E-state index contributed by atoms with van der Waals surface area (Å²) in [4.78, 5) is 7.05. The lowest BCUT2D eigenvalue weighted by Gasteiger charge is -2.32. The molecule has 0 spiro atoms. The van der Waals surface area contributed by atoms with Gasteiger partial charge in [-0.15, -0.1) is 0 Å². The first-order valence-electron chi connectivity index (χ1n) is 7.79. The molecule has 1 saturated carbocycles. The molecule has 2 fully saturated rings. The third-order valence-corrected chi connectivity index (χ3v) is 4.25. The summed E-state index contributed by atoms with van der Waals surface area (Å²) in [5.74, 6) is 1.52. The van der Waals surface area contributed by atoms with Gasteiger partial charge in [-0.25, -0.2) is 4.98 Å². The fourth-order valence-corrected chi connectivity index (χ4v) is 2.97. The predicted octanol–water partition coefficient (Wildman–Crippen LogP) is 2.05. The molecule has 4 nitrogen and oxygen atoms in total. The highest BCUT2D eigenvalue weighted by atomic mass is 16.5. The van der Waals surface area contributed by atoms with Crippen molar-refractivity contribution in [1.82, 2.24) is 15.2 Å². The zero-order chi connectivity index (χ0) is 13.8. The van der Waals surface area contributed by atoms with Crippen LogP contribution in [0.2, 0.25) is 0 Å². The van der Waals surface area contributed by atoms with Crippen LogP contribution in [0, 0.1) is 5.92 Å². The Balaban J connectivity index is 1.50. The lowest BCUT2D eigenvalue weighted by Crippen LogP contribution is -2.39. The van der Waals surface area contributed by atoms with Gasteiger partial charge in [0.2, 0.25) is 5.88 Å². The Labute approximate surface area is 121 Å². The third-order valence-electron chi connectivity index (χ3n) is 4.25. The first-order valence-corrected chi connectivity index (χ1v) is 7.79. The normalized spacial score (nSPS) is 23.8. The van der Waals surface area contributed by atoms with E-state index in [1.54, 1.807) is 7.11 Å². The van der Waals surface area contributed by atoms with Crippen LogP contribution in [0.3, 0.4) is 0 Å². The molecule has 2 heterocycles. The quantitative estimate of drug-likeness (QED) is 0.862. The van der Waals surface area contributed by atoms with E-state index in [1.165, 1.54) is 45.3 Å². The van der Waals surface area contributed by atoms with Gasteiger partial charge in [-0.05, 0) is 50.8 Å². The van der Waals surface area contributed by atoms with Crippen molar-refractivity contribution in [2.75, 3.05) is 26.7 Å². The molecule has 4 heteroatoms. The number of nitrogens with zero attached hydrogens (tertiary/aromatic N) is 2. The fraction of sp³-hybridized carbons (Fsp3) is 0.688. The lowest BCUT2D eigenvalue weighted by molar-refractivity contribution is 0.163. The zero-order valence-electron chi connectivity index (χ0n) is 12.3. The number of piperidine rings is 1. The van der Waals surface area contributed by atoms with Crippen molar-refractivity contribution in [2.45, 2.75) is 38.3 Å². The largest absolute Gasteiger partial charge is 0.481 e. The monoisotopic (exact) mass is 275 g/mol. The maximum Gasteiger partial charge on any atom is 0.213 e. The molecule has 0 radical (unpaired) electrons. The van der Waals surface area contributed by atoms with Crippen LogP contribution in [0.1, 0.15) is 31.4 Å². The Morgan fingerprint density at radius 1 is 1.35 bits per heavy atom. The minimum Gasteiger partial charge on any atom is -0.481 e. The second-order valence-corrected chi connectivity index (χ2v) is 6.10. The van der Waals surface area contributed by atoms with Gasteiger partial charge in [0.1, 0.15) is 0 Å². The number of rotatable bonds is 6. The van der Waals surface area contributed by atoms with Crippen LogP contribution in [0.15, 0.2) is 18.2 Å². The average Bonchev–Trinajstić information content (AvgIpc) is 3.30. The van der Waals surface area contributed by atoms with Gasteiger partial charge in [0.05, 0.1) is 12.8 Å². The van der Waals surface area contributed by atoms with Gasteiger partial charge in [-0.2, -0.15) is 0 Å². The number of hydrogen-bond acceptors (Lipinski definition) is 4. The first-order chi connectivity index (χ1) is 9.83. The maximum atomic E-state index is 5.20. The molecule has 1 aliphatic carbocycles. The molecule has 1 unspecified atom stereocenters. The van der Waals surface area contributed by atoms with E-state index >= 15 is 0 Å². The van der Waals surface area contributed by atoms with Gasteiger partial charge in [0, 0.05) is 25.2 Å². The highest BCUT2D eigenvalue weighted by Crippen LogP contribution is 2.22. The highest BCUT2D eigenvalue weighted by Gasteiger charge is 2.24. The van der Waals surface area contributed by atoms with Gasteiger partial charge in [-0.3, -0.25) is 4.90 Å². The summed E-state index contributed by atoms with van der Waals surface area (Å²) in [6.07, 6.45) is 5.43. The molecule has 1 saturated heterocycles. The molecule has 1 atom stereocenters. The fourth-order valence-electron chi connectivity index (χ4n) is 2.97. The van der Waals surface area contributed by atoms with E-state index in [0.717, 1.165) is 24.2 Å². The van der Waals surface area contributed by atoms with E-state index in [9.17, 15) is 0 Å². The molecule has 20 heavy (non-hydrogen) atoms. The average molecular weight is 275 g/mol. The van der Waals surface area contributed by atoms with Gasteiger partial charge < -0.3 is 10.1 Å². The first kappa shape index (κ1) is 13.8. The van der Waals surface area contributed by atoms with Gasteiger partial charge in [0.15, 0.2) is 0 Å². The smallest absolute Gasteiger partial charge is 0.213 e. The van der Waals surface area contributed by atoms with E-state index < -0.39 is 0 Å². The molecular formula is C16H25N3O. The summed E-state index contributed by atoms with van der Waals surface area (Å²) >= 11 is 0. The summed E-state index contributed by atoms with van der Waals surface area (Å²) in [5, 5.41) is 3.67. The third kappa shape index (κ3) is 3.93. The van der Waals surface area contributed by atoms with Crippen molar-refractivity contribution in [1.29, 1.82) is 0 Å². The topological polar surface area (TPSA) is 37.4 Å². The molecule has 3 rings (SSSR count). The van der Waals surface area contributed by atoms with Crippen LogP contribution in [-0.4, -0.2) is 42.7 Å². The molecule has 0 bridgehead atoms. The van der Waals surface area contributed by atoms with Crippen molar-refractivity contribution in [3.05, 3.63) is 23.9 Å². The second kappa shape index (κ2) is 6.55. The summed E-state index contributed by atoms with van der Waals surface area (Å²) in [5.41, 5.74) is 1.11. The van der Waals surface area contributed by atoms with E-state index in [4.69, 9.17) is 4.74 Å². The van der Waals surface area contributed by atoms with E-state index in [2.05, 4.69) is 21.3 Å². The Hall–Kier alpha value is -1.13. The predicted molar refractivity (Wildman–Crippen MR) is 79.8 cm³/mol. The SMILES string of the molecule is COc1cccc(CN2CCCC(CNC3CC3)C2)n1. The second-order valence-electron chi connectivity index (χ2n) is 6.10. The van der Waals surface area contributed by atoms with Crippen LogP contribution in [-0.2, 0) is 6.54 Å². The number of likely N-dealkylation sites (tertiary alicyclic amines) is 1. The molecule has 0 amide bonds. The van der Waals surface area contributed by atoms with Crippen LogP contribution in [0.4, 0.5) is 0 Å². The molecule has 0 aromatic carbocycles. The zero-order valence-corrected chi connectivity index (χ0v) is 12.3. The summed E-state index contributed by atoms with van der Waals surface area (Å²) in [6.45, 7) is 4.52. The molecule has 1 aliphatic heterocycles. The Morgan fingerprint density at radius 2 is 2.25 bits per heavy atom. The number of methoxy groups -OCH3 is 1. The summed E-state index contributed by atoms with van der Waals surface area (Å²) in [7, 11) is 1.67. The molecule has 1 aromatic rings. The molecule has 1 aromatic heterocycles. The molecule has 110 valence electrons. The van der Waals surface area contributed by atoms with Crippen LogP contribution in [0.25, 0.3) is 0 Å². The van der Waals surface area contributed by atoms with Crippen LogP contribution >= 0.6 is 0 Å². The van der Waals surface area contributed by atoms with Crippen LogP contribution < -0.4 is 10.1 Å². The van der Waals surface area contributed by atoms with E-state index in [1.807, 2.05) is 12.1 Å². The Morgan fingerprint density at radius 3 is 3.05 bits per heavy atom. The summed E-state index contributed by atoms with van der Waals surface area (Å²) in [6, 6.07) is 6.85. The van der Waals surface area contributed by atoms with Crippen molar-refractivity contribution >= 4 is 0 Å². The molecule has 2 aliphatic rings. The number of hydrogen-bond donors (Lipinski definition) is 1. The maximum absolute atomic E-state index is 5.20. The Kier molecular flexibility index (Phi) is 4.53. The number of nitrogens with one attached hydrogen (secondary N) is 1. The van der Waals surface area contributed by atoms with Crippen molar-refractivity contribution < 1.29 is 4.74 Å². The van der Waals surface area contributed by atoms with Gasteiger partial charge in [-0.1, -0.05) is 6.07 Å². The minimum atomic E-state index is 0.714. The summed E-state index contributed by atoms with van der Waals surface area (Å²) < 4.78 is 5.20. The Bertz CT molecular complexity index is 433.